The van der Waals surface area contributed by atoms with Gasteiger partial charge < -0.3 is 15.6 Å². The number of benzene rings is 4. The fourth-order valence-electron chi connectivity index (χ4n) is 3.79. The van der Waals surface area contributed by atoms with E-state index in [2.05, 4.69) is 9.88 Å². The Kier molecular flexibility index (Phi) is 5.32. The van der Waals surface area contributed by atoms with Gasteiger partial charge in [0, 0.05) is 19.3 Å². The zero-order valence-corrected chi connectivity index (χ0v) is 17.9. The summed E-state index contributed by atoms with van der Waals surface area (Å²) in [6.07, 6.45) is 0. The van der Waals surface area contributed by atoms with Gasteiger partial charge in [-0.2, -0.15) is 0 Å². The first-order chi connectivity index (χ1) is 16.0. The second-order valence-corrected chi connectivity index (χ2v) is 7.78. The van der Waals surface area contributed by atoms with Gasteiger partial charge in [0.15, 0.2) is 0 Å². The van der Waals surface area contributed by atoms with Crippen molar-refractivity contribution < 1.29 is 8.78 Å². The van der Waals surface area contributed by atoms with Crippen LogP contribution in [0.15, 0.2) is 83.9 Å². The maximum absolute atomic E-state index is 13.4. The number of rotatable bonds is 4. The number of hydrogen-bond donors (Lipinski definition) is 2. The van der Waals surface area contributed by atoms with E-state index in [1.165, 1.54) is 24.3 Å². The van der Waals surface area contributed by atoms with Gasteiger partial charge in [0.2, 0.25) is 0 Å². The van der Waals surface area contributed by atoms with E-state index in [0.717, 1.165) is 28.0 Å². The zero-order valence-electron chi connectivity index (χ0n) is 17.9. The Bertz CT molecular complexity index is 1490. The van der Waals surface area contributed by atoms with E-state index in [9.17, 15) is 8.78 Å². The molecule has 7 heteroatoms. The summed E-state index contributed by atoms with van der Waals surface area (Å²) in [7, 11) is 1.98. The van der Waals surface area contributed by atoms with Crippen LogP contribution in [0.5, 0.6) is 0 Å². The normalized spacial score (nSPS) is 11.9. The molecule has 0 fully saturated rings. The van der Waals surface area contributed by atoms with E-state index >= 15 is 0 Å². The number of aryl methyl sites for hydroxylation is 1. The molecule has 1 heterocycles. The van der Waals surface area contributed by atoms with Crippen LogP contribution in [0.3, 0.4) is 0 Å². The van der Waals surface area contributed by atoms with Crippen molar-refractivity contribution in [2.24, 2.45) is 17.8 Å². The van der Waals surface area contributed by atoms with E-state index in [4.69, 9.17) is 15.7 Å². The Labute approximate surface area is 189 Å². The molecule has 0 radical (unpaired) electrons. The highest BCUT2D eigenvalue weighted by atomic mass is 19.1. The first-order valence-electron chi connectivity index (χ1n) is 10.5. The van der Waals surface area contributed by atoms with Gasteiger partial charge >= 0.3 is 0 Å². The molecule has 33 heavy (non-hydrogen) atoms. The van der Waals surface area contributed by atoms with Gasteiger partial charge in [0.25, 0.3) is 0 Å². The van der Waals surface area contributed by atoms with Crippen molar-refractivity contribution >= 4 is 28.1 Å². The van der Waals surface area contributed by atoms with E-state index in [0.29, 0.717) is 29.0 Å². The molecule has 3 N–H and O–H groups in total. The highest BCUT2D eigenvalue weighted by molar-refractivity contribution is 5.82. The molecule has 5 rings (SSSR count). The van der Waals surface area contributed by atoms with Crippen LogP contribution >= 0.6 is 0 Å². The minimum Gasteiger partial charge on any atom is -0.354 e. The largest absolute Gasteiger partial charge is 0.354 e. The Morgan fingerprint density at radius 2 is 1.61 bits per heavy atom. The van der Waals surface area contributed by atoms with Crippen molar-refractivity contribution in [3.8, 4) is 11.4 Å². The fourth-order valence-corrected chi connectivity index (χ4v) is 3.79. The average Bonchev–Trinajstić information content (AvgIpc) is 2.82. The summed E-state index contributed by atoms with van der Waals surface area (Å²) < 4.78 is 28.8. The van der Waals surface area contributed by atoms with Crippen LogP contribution in [0.25, 0.3) is 22.4 Å². The Morgan fingerprint density at radius 3 is 2.30 bits per heavy atom. The van der Waals surface area contributed by atoms with Crippen molar-refractivity contribution in [3.05, 3.63) is 101 Å². The van der Waals surface area contributed by atoms with Crippen LogP contribution < -0.4 is 16.4 Å². The summed E-state index contributed by atoms with van der Waals surface area (Å²) in [6, 6.07) is 21.9. The topological polar surface area (TPSA) is 68.2 Å². The molecular formula is C26H21F2N5. The van der Waals surface area contributed by atoms with Crippen molar-refractivity contribution in [3.63, 3.8) is 0 Å². The molecule has 1 aliphatic carbocycles. The first kappa shape index (κ1) is 20.8. The molecule has 0 amide bonds. The monoisotopic (exact) mass is 441 g/mol. The predicted octanol–water partition coefficient (Wildman–Crippen LogP) is 5.39. The molecule has 0 saturated heterocycles. The minimum absolute atomic E-state index is 0.314. The summed E-state index contributed by atoms with van der Waals surface area (Å²) in [6.45, 7) is 0.437. The third kappa shape index (κ3) is 4.18. The van der Waals surface area contributed by atoms with E-state index in [1.54, 1.807) is 24.3 Å². The first-order valence-corrected chi connectivity index (χ1v) is 10.5. The van der Waals surface area contributed by atoms with Crippen molar-refractivity contribution in [1.29, 1.82) is 0 Å². The minimum atomic E-state index is -0.323. The molecule has 0 spiro atoms. The number of anilines is 2. The SMILES string of the molecule is Cn1c2cc(=Nc3ccc(F)cc3)c(Nc3ccc(F)cc3)cc-2nc2cc(CN)ccc21. The molecule has 0 aromatic heterocycles. The van der Waals surface area contributed by atoms with Gasteiger partial charge in [-0.25, -0.2) is 18.8 Å². The lowest BCUT2D eigenvalue weighted by Crippen LogP contribution is -2.14. The van der Waals surface area contributed by atoms with Gasteiger partial charge in [-0.15, -0.1) is 0 Å². The maximum atomic E-state index is 13.4. The van der Waals surface area contributed by atoms with Crippen molar-refractivity contribution in [2.45, 2.75) is 6.54 Å². The zero-order chi connectivity index (χ0) is 22.9. The molecule has 3 aromatic rings. The van der Waals surface area contributed by atoms with E-state index in [1.807, 2.05) is 37.4 Å². The number of hydrogen-bond acceptors (Lipinski definition) is 4. The van der Waals surface area contributed by atoms with Crippen LogP contribution in [0.4, 0.5) is 25.8 Å². The molecule has 2 aliphatic rings. The standard InChI is InChI=1S/C26H21F2N5/c1-33-25-11-2-16(15-29)12-23(25)32-24-13-21(30-19-7-3-17(27)4-8-19)22(14-26(24)33)31-20-9-5-18(28)6-10-20/h2-14,30H,15,29H2,1H3. The lowest BCUT2D eigenvalue weighted by Gasteiger charge is -2.17. The summed E-state index contributed by atoms with van der Waals surface area (Å²) in [4.78, 5) is 9.59. The molecule has 0 saturated carbocycles. The van der Waals surface area contributed by atoms with Gasteiger partial charge in [0.05, 0.1) is 39.2 Å². The number of nitrogens with zero attached hydrogens (tertiary/aromatic N) is 3. The lowest BCUT2D eigenvalue weighted by atomic mass is 10.1. The summed E-state index contributed by atoms with van der Waals surface area (Å²) in [5, 5.41) is 3.96. The quantitative estimate of drug-likeness (QED) is 0.368. The highest BCUT2D eigenvalue weighted by Crippen LogP contribution is 2.27. The van der Waals surface area contributed by atoms with E-state index in [-0.39, 0.29) is 11.6 Å². The molecule has 5 nitrogen and oxygen atoms in total. The second kappa shape index (κ2) is 8.44. The maximum Gasteiger partial charge on any atom is 0.123 e. The fraction of sp³-hybridized carbons (Fsp3) is 0.0769. The Morgan fingerprint density at radius 1 is 0.909 bits per heavy atom. The summed E-state index contributed by atoms with van der Waals surface area (Å²) in [5.41, 5.74) is 12.3. The molecule has 0 atom stereocenters. The number of halogens is 2. The lowest BCUT2D eigenvalue weighted by molar-refractivity contribution is 0.627. The third-order valence-corrected chi connectivity index (χ3v) is 5.53. The second-order valence-electron chi connectivity index (χ2n) is 7.78. The van der Waals surface area contributed by atoms with Gasteiger partial charge in [-0.3, -0.25) is 0 Å². The third-order valence-electron chi connectivity index (χ3n) is 5.53. The number of aromatic nitrogens is 2. The summed E-state index contributed by atoms with van der Waals surface area (Å²) >= 11 is 0. The van der Waals surface area contributed by atoms with E-state index < -0.39 is 0 Å². The Balaban J connectivity index is 1.74. The van der Waals surface area contributed by atoms with Crippen LogP contribution in [0.2, 0.25) is 0 Å². The van der Waals surface area contributed by atoms with Crippen LogP contribution in [0, 0.1) is 11.6 Å². The predicted molar refractivity (Wildman–Crippen MR) is 127 cm³/mol. The average molecular weight is 441 g/mol. The van der Waals surface area contributed by atoms with Crippen LogP contribution in [0.1, 0.15) is 5.56 Å². The number of fused-ring (bicyclic) bond motifs is 2. The molecule has 164 valence electrons. The summed E-state index contributed by atoms with van der Waals surface area (Å²) in [5.74, 6) is -0.637. The molecule has 0 bridgehead atoms. The van der Waals surface area contributed by atoms with Crippen LogP contribution in [-0.2, 0) is 13.6 Å². The van der Waals surface area contributed by atoms with Gasteiger partial charge in [-0.05, 0) is 78.4 Å². The molecule has 1 aliphatic heterocycles. The van der Waals surface area contributed by atoms with Gasteiger partial charge in [-0.1, -0.05) is 6.07 Å². The molecular weight excluding hydrogens is 420 g/mol. The number of nitrogens with two attached hydrogens (primary N) is 1. The van der Waals surface area contributed by atoms with Gasteiger partial charge in [0.1, 0.15) is 11.6 Å². The highest BCUT2D eigenvalue weighted by Gasteiger charge is 2.14. The van der Waals surface area contributed by atoms with Crippen molar-refractivity contribution in [2.75, 3.05) is 5.32 Å². The smallest absolute Gasteiger partial charge is 0.123 e. The number of nitrogens with one attached hydrogen (secondary N) is 1. The van der Waals surface area contributed by atoms with Crippen molar-refractivity contribution in [1.82, 2.24) is 9.55 Å². The molecule has 0 unspecified atom stereocenters. The van der Waals surface area contributed by atoms with Crippen LogP contribution in [-0.4, -0.2) is 9.55 Å². The Hall–Kier alpha value is -4.10. The molecule has 3 aromatic carbocycles.